The monoisotopic (exact) mass is 686 g/mol. The maximum absolute atomic E-state index is 13.6. The van der Waals surface area contributed by atoms with Gasteiger partial charge in [-0.25, -0.2) is 0 Å². The Hall–Kier alpha value is -4.82. The third kappa shape index (κ3) is 5.50. The van der Waals surface area contributed by atoms with Gasteiger partial charge in [-0.15, -0.1) is 0 Å². The fourth-order valence-corrected chi connectivity index (χ4v) is 8.95. The van der Waals surface area contributed by atoms with E-state index >= 15 is 0 Å². The number of halogens is 3. The lowest BCUT2D eigenvalue weighted by Gasteiger charge is -2.65. The number of alkyl halides is 3. The minimum Gasteiger partial charge on any atom is -0.483 e. The third-order valence-corrected chi connectivity index (χ3v) is 10.9. The van der Waals surface area contributed by atoms with Crippen LogP contribution >= 0.6 is 0 Å². The lowest BCUT2D eigenvalue weighted by molar-refractivity contribution is -0.223. The molecule has 8 nitrogen and oxygen atoms in total. The van der Waals surface area contributed by atoms with E-state index in [4.69, 9.17) is 14.2 Å². The number of carbonyl (C=O) groups is 3. The zero-order chi connectivity index (χ0) is 35.4. The molecule has 0 radical (unpaired) electrons. The van der Waals surface area contributed by atoms with E-state index in [-0.39, 0.29) is 17.4 Å². The van der Waals surface area contributed by atoms with E-state index in [1.807, 2.05) is 24.3 Å². The summed E-state index contributed by atoms with van der Waals surface area (Å²) in [6.45, 7) is 4.19. The zero-order valence-corrected chi connectivity index (χ0v) is 28.0. The minimum atomic E-state index is -4.48. The quantitative estimate of drug-likeness (QED) is 0.193. The summed E-state index contributed by atoms with van der Waals surface area (Å²) in [4.78, 5) is 42.8. The maximum Gasteiger partial charge on any atom is 0.416 e. The number of hydrogen-bond acceptors (Lipinski definition) is 7. The minimum absolute atomic E-state index is 0.172. The van der Waals surface area contributed by atoms with Crippen molar-refractivity contribution < 1.29 is 41.8 Å². The van der Waals surface area contributed by atoms with Crippen LogP contribution in [0.2, 0.25) is 0 Å². The van der Waals surface area contributed by atoms with Crippen molar-refractivity contribution in [1.29, 1.82) is 0 Å². The Labute approximate surface area is 288 Å². The molecule has 2 aliphatic heterocycles. The van der Waals surface area contributed by atoms with Crippen molar-refractivity contribution in [3.05, 3.63) is 94.5 Å². The van der Waals surface area contributed by atoms with Crippen molar-refractivity contribution in [3.63, 3.8) is 0 Å². The van der Waals surface area contributed by atoms with Crippen LogP contribution in [0.15, 0.2) is 66.7 Å². The number of benzene rings is 3. The number of esters is 2. The summed E-state index contributed by atoms with van der Waals surface area (Å²) in [5.41, 5.74) is 0.722. The van der Waals surface area contributed by atoms with E-state index in [1.54, 1.807) is 13.1 Å². The van der Waals surface area contributed by atoms with E-state index in [9.17, 15) is 27.6 Å². The van der Waals surface area contributed by atoms with Gasteiger partial charge < -0.3 is 19.1 Å². The largest absolute Gasteiger partial charge is 0.483 e. The highest BCUT2D eigenvalue weighted by atomic mass is 19.4. The molecular weight excluding hydrogens is 649 g/mol. The first kappa shape index (κ1) is 33.7. The highest BCUT2D eigenvalue weighted by molar-refractivity contribution is 5.94. The number of amides is 1. The molecule has 1 spiro atoms. The van der Waals surface area contributed by atoms with Crippen LogP contribution in [-0.4, -0.2) is 71.6 Å². The number of hydrogen-bond donors (Lipinski definition) is 0. The van der Waals surface area contributed by atoms with Crippen LogP contribution in [0.1, 0.15) is 60.9 Å². The summed E-state index contributed by atoms with van der Waals surface area (Å²) >= 11 is 0. The predicted molar refractivity (Wildman–Crippen MR) is 176 cm³/mol. The Morgan fingerprint density at radius 2 is 1.74 bits per heavy atom. The van der Waals surface area contributed by atoms with Gasteiger partial charge in [0.2, 0.25) is 0 Å². The van der Waals surface area contributed by atoms with Crippen LogP contribution in [0.3, 0.4) is 0 Å². The molecule has 2 fully saturated rings. The molecular formula is C39H37F3N2O6. The molecule has 260 valence electrons. The molecule has 11 heteroatoms. The number of rotatable bonds is 6. The maximum atomic E-state index is 13.6. The molecule has 4 aliphatic rings. The highest BCUT2D eigenvalue weighted by Gasteiger charge is 2.75. The molecule has 2 bridgehead atoms. The second-order valence-electron chi connectivity index (χ2n) is 13.6. The van der Waals surface area contributed by atoms with Gasteiger partial charge in [0.15, 0.2) is 11.5 Å². The molecule has 2 aliphatic carbocycles. The van der Waals surface area contributed by atoms with Crippen LogP contribution < -0.4 is 9.47 Å². The van der Waals surface area contributed by atoms with Gasteiger partial charge in [-0.05, 0) is 80.1 Å². The average Bonchev–Trinajstić information content (AvgIpc) is 3.43. The number of likely N-dealkylation sites (N-methyl/N-ethyl adjacent to an activating group) is 1. The predicted octanol–water partition coefficient (Wildman–Crippen LogP) is 5.48. The van der Waals surface area contributed by atoms with Crippen LogP contribution in [0.5, 0.6) is 11.5 Å². The van der Waals surface area contributed by atoms with Crippen molar-refractivity contribution in [2.45, 2.75) is 81.3 Å². The normalized spacial score (nSPS) is 26.1. The van der Waals surface area contributed by atoms with Crippen molar-refractivity contribution >= 4 is 17.8 Å². The van der Waals surface area contributed by atoms with Crippen molar-refractivity contribution in [2.75, 3.05) is 20.1 Å². The molecule has 50 heavy (non-hydrogen) atoms. The molecule has 1 saturated heterocycles. The van der Waals surface area contributed by atoms with Gasteiger partial charge >= 0.3 is 18.1 Å². The first-order chi connectivity index (χ1) is 23.8. The number of piperidine rings is 1. The third-order valence-electron chi connectivity index (χ3n) is 10.9. The van der Waals surface area contributed by atoms with E-state index in [1.165, 1.54) is 36.4 Å². The smallest absolute Gasteiger partial charge is 0.416 e. The van der Waals surface area contributed by atoms with Gasteiger partial charge in [-0.2, -0.15) is 13.2 Å². The highest BCUT2D eigenvalue weighted by Crippen LogP contribution is 2.67. The Morgan fingerprint density at radius 1 is 1.00 bits per heavy atom. The van der Waals surface area contributed by atoms with Crippen molar-refractivity contribution in [1.82, 2.24) is 9.80 Å². The molecule has 1 saturated carbocycles. The van der Waals surface area contributed by atoms with Gasteiger partial charge in [-0.1, -0.05) is 42.3 Å². The summed E-state index contributed by atoms with van der Waals surface area (Å²) < 4.78 is 58.2. The Bertz CT molecular complexity index is 1900. The summed E-state index contributed by atoms with van der Waals surface area (Å²) in [5, 5.41) is 0. The zero-order valence-electron chi connectivity index (χ0n) is 28.0. The fourth-order valence-electron chi connectivity index (χ4n) is 8.95. The summed E-state index contributed by atoms with van der Waals surface area (Å²) in [5.74, 6) is 4.57. The molecule has 0 N–H and O–H groups in total. The number of ether oxygens (including phenoxy) is 3. The molecule has 5 atom stereocenters. The van der Waals surface area contributed by atoms with E-state index in [0.717, 1.165) is 36.2 Å². The fraction of sp³-hybridized carbons (Fsp3) is 0.410. The van der Waals surface area contributed by atoms with Crippen LogP contribution in [0, 0.1) is 11.8 Å². The molecule has 0 unspecified atom stereocenters. The summed E-state index contributed by atoms with van der Waals surface area (Å²) in [6.07, 6.45) is -2.28. The van der Waals surface area contributed by atoms with Gasteiger partial charge in [0.25, 0.3) is 5.91 Å². The molecule has 7 rings (SSSR count). The van der Waals surface area contributed by atoms with Crippen LogP contribution in [-0.2, 0) is 43.6 Å². The van der Waals surface area contributed by atoms with Gasteiger partial charge in [0, 0.05) is 44.5 Å². The molecule has 2 heterocycles. The first-order valence-corrected chi connectivity index (χ1v) is 16.8. The average molecular weight is 687 g/mol. The Kier molecular flexibility index (Phi) is 8.42. The molecule has 1 amide bonds. The molecule has 0 aromatic heterocycles. The lowest BCUT2D eigenvalue weighted by atomic mass is 9.48. The second kappa shape index (κ2) is 12.5. The molecule has 3 aromatic carbocycles. The van der Waals surface area contributed by atoms with E-state index in [2.05, 4.69) is 28.9 Å². The van der Waals surface area contributed by atoms with E-state index < -0.39 is 52.7 Å². The van der Waals surface area contributed by atoms with Gasteiger partial charge in [0.05, 0.1) is 23.1 Å². The topological polar surface area (TPSA) is 85.4 Å². The van der Waals surface area contributed by atoms with Crippen LogP contribution in [0.4, 0.5) is 13.2 Å². The number of likely N-dealkylation sites (tertiary alicyclic amines) is 1. The first-order valence-electron chi connectivity index (χ1n) is 16.8. The van der Waals surface area contributed by atoms with Gasteiger partial charge in [-0.3, -0.25) is 19.3 Å². The number of nitrogens with zero attached hydrogens (tertiary/aromatic N) is 2. The number of carbonyl (C=O) groups excluding carboxylic acids is 3. The summed E-state index contributed by atoms with van der Waals surface area (Å²) in [7, 11) is 1.64. The Balaban J connectivity index is 1.27. The van der Waals surface area contributed by atoms with Crippen molar-refractivity contribution in [3.8, 4) is 23.3 Å². The van der Waals surface area contributed by atoms with E-state index in [0.29, 0.717) is 38.0 Å². The van der Waals surface area contributed by atoms with Gasteiger partial charge in [0.1, 0.15) is 11.7 Å². The second-order valence-corrected chi connectivity index (χ2v) is 13.6. The summed E-state index contributed by atoms with van der Waals surface area (Å²) in [6, 6.07) is 17.6. The van der Waals surface area contributed by atoms with Crippen LogP contribution in [0.25, 0.3) is 0 Å². The lowest BCUT2D eigenvalue weighted by Crippen LogP contribution is -2.79. The van der Waals surface area contributed by atoms with Crippen molar-refractivity contribution in [2.24, 2.45) is 0 Å². The standard InChI is InChI=1S/C39H37F3N2O6/c1-24(45)48-31-15-12-28-23-32-38(50-25(2)46)19-17-30(43(3)33(47)16-11-27-9-13-29(14-10-27)39(40,41)42)36-37(38,34(28)35(31)49-36)20-22-44(32)21-18-26-7-5-4-6-8-26/h4-10,12-15,30,32,36H,17-23H2,1-3H3/t30-,32-,36+,37+,38-/m1/s1. The Morgan fingerprint density at radius 3 is 2.42 bits per heavy atom. The SMILES string of the molecule is CC(=O)Oc1ccc2c3c1O[C@H]1[C@H](N(C)C(=O)C#Cc4ccc(C(F)(F)F)cc4)CC[C@@]4(OC(C)=O)[C@@H](C2)N(CCc2ccccc2)CC[C@]314. The molecule has 3 aromatic rings.